The lowest BCUT2D eigenvalue weighted by atomic mass is 9.86. The first kappa shape index (κ1) is 14.9. The number of nitrogens with one attached hydrogen (secondary N) is 1. The molecule has 2 rings (SSSR count). The van der Waals surface area contributed by atoms with Crippen LogP contribution >= 0.6 is 15.9 Å². The molecule has 3 heteroatoms. The first-order chi connectivity index (χ1) is 9.27. The topological polar surface area (TPSA) is 38.0 Å². The quantitative estimate of drug-likeness (QED) is 0.724. The van der Waals surface area contributed by atoms with Crippen LogP contribution in [0.4, 0.5) is 17.1 Å². The van der Waals surface area contributed by atoms with E-state index < -0.39 is 0 Å². The Morgan fingerprint density at radius 1 is 1.00 bits per heavy atom. The van der Waals surface area contributed by atoms with E-state index in [1.54, 1.807) is 0 Å². The fourth-order valence-corrected chi connectivity index (χ4v) is 2.39. The summed E-state index contributed by atoms with van der Waals surface area (Å²) < 4.78 is 0.987. The van der Waals surface area contributed by atoms with Crippen molar-refractivity contribution >= 4 is 33.0 Å². The summed E-state index contributed by atoms with van der Waals surface area (Å²) >= 11 is 3.43. The van der Waals surface area contributed by atoms with Gasteiger partial charge in [0, 0.05) is 10.2 Å². The van der Waals surface area contributed by atoms with Gasteiger partial charge in [-0.15, -0.1) is 0 Å². The van der Waals surface area contributed by atoms with E-state index in [1.807, 2.05) is 18.2 Å². The monoisotopic (exact) mass is 332 g/mol. The molecule has 0 atom stereocenters. The van der Waals surface area contributed by atoms with Crippen molar-refractivity contribution in [3.63, 3.8) is 0 Å². The second-order valence-electron chi connectivity index (χ2n) is 6.14. The number of benzene rings is 2. The Morgan fingerprint density at radius 3 is 2.30 bits per heavy atom. The highest BCUT2D eigenvalue weighted by molar-refractivity contribution is 9.10. The highest BCUT2D eigenvalue weighted by atomic mass is 79.9. The van der Waals surface area contributed by atoms with Crippen LogP contribution in [0.15, 0.2) is 40.9 Å². The molecule has 0 saturated heterocycles. The molecule has 106 valence electrons. The molecule has 0 fully saturated rings. The second kappa shape index (κ2) is 5.49. The molecule has 0 aliphatic heterocycles. The van der Waals surface area contributed by atoms with Crippen molar-refractivity contribution in [2.45, 2.75) is 33.1 Å². The number of hydrogen-bond acceptors (Lipinski definition) is 2. The van der Waals surface area contributed by atoms with Gasteiger partial charge in [0.1, 0.15) is 0 Å². The van der Waals surface area contributed by atoms with Gasteiger partial charge in [-0.05, 0) is 47.7 Å². The summed E-state index contributed by atoms with van der Waals surface area (Å²) in [6, 6.07) is 12.4. The first-order valence-corrected chi connectivity index (χ1v) is 7.50. The molecule has 0 radical (unpaired) electrons. The van der Waals surface area contributed by atoms with Gasteiger partial charge < -0.3 is 11.1 Å². The summed E-state index contributed by atoms with van der Waals surface area (Å²) in [5.74, 6) is 0. The zero-order valence-electron chi connectivity index (χ0n) is 12.4. The number of nitrogen functional groups attached to an aromatic ring is 1. The number of anilines is 3. The maximum Gasteiger partial charge on any atom is 0.0618 e. The molecule has 2 nitrogen and oxygen atoms in total. The molecule has 2 aromatic carbocycles. The minimum Gasteiger partial charge on any atom is -0.397 e. The lowest BCUT2D eigenvalue weighted by Crippen LogP contribution is -2.11. The number of aryl methyl sites for hydroxylation is 1. The summed E-state index contributed by atoms with van der Waals surface area (Å²) in [5.41, 5.74) is 11.5. The molecule has 0 amide bonds. The Balaban J connectivity index is 2.38. The number of nitrogens with two attached hydrogens (primary N) is 1. The standard InChI is InChI=1S/C17H21BrN2/c1-11-5-6-12(17(2,3)4)9-16(11)20-15-8-7-13(18)10-14(15)19/h5-10,20H,19H2,1-4H3. The van der Waals surface area contributed by atoms with Gasteiger partial charge in [-0.1, -0.05) is 48.8 Å². The van der Waals surface area contributed by atoms with E-state index in [1.165, 1.54) is 11.1 Å². The van der Waals surface area contributed by atoms with Gasteiger partial charge in [0.2, 0.25) is 0 Å². The average Bonchev–Trinajstić information content (AvgIpc) is 2.33. The zero-order chi connectivity index (χ0) is 14.9. The molecule has 2 aromatic rings. The predicted octanol–water partition coefficient (Wildman–Crippen LogP) is 5.38. The van der Waals surface area contributed by atoms with E-state index in [4.69, 9.17) is 5.73 Å². The third kappa shape index (κ3) is 3.34. The van der Waals surface area contributed by atoms with Crippen LogP contribution in [0.2, 0.25) is 0 Å². The number of hydrogen-bond donors (Lipinski definition) is 2. The maximum atomic E-state index is 6.05. The van der Waals surface area contributed by atoms with E-state index in [0.717, 1.165) is 21.5 Å². The molecule has 0 aliphatic carbocycles. The molecular weight excluding hydrogens is 312 g/mol. The molecule has 0 aromatic heterocycles. The van der Waals surface area contributed by atoms with Crippen molar-refractivity contribution in [1.82, 2.24) is 0 Å². The van der Waals surface area contributed by atoms with Gasteiger partial charge in [0.15, 0.2) is 0 Å². The maximum absolute atomic E-state index is 6.05. The fraction of sp³-hybridized carbons (Fsp3) is 0.294. The lowest BCUT2D eigenvalue weighted by molar-refractivity contribution is 0.590. The SMILES string of the molecule is Cc1ccc(C(C)(C)C)cc1Nc1ccc(Br)cc1N. The molecule has 0 aliphatic rings. The number of halogens is 1. The summed E-state index contributed by atoms with van der Waals surface area (Å²) in [7, 11) is 0. The third-order valence-electron chi connectivity index (χ3n) is 3.39. The minimum atomic E-state index is 0.134. The average molecular weight is 333 g/mol. The molecule has 0 spiro atoms. The van der Waals surface area contributed by atoms with E-state index >= 15 is 0 Å². The van der Waals surface area contributed by atoms with Crippen LogP contribution in [0.5, 0.6) is 0 Å². The summed E-state index contributed by atoms with van der Waals surface area (Å²) in [6.45, 7) is 8.75. The molecule has 20 heavy (non-hydrogen) atoms. The van der Waals surface area contributed by atoms with Crippen molar-refractivity contribution in [2.75, 3.05) is 11.1 Å². The van der Waals surface area contributed by atoms with Gasteiger partial charge in [0.05, 0.1) is 11.4 Å². The van der Waals surface area contributed by atoms with Crippen molar-refractivity contribution in [2.24, 2.45) is 0 Å². The van der Waals surface area contributed by atoms with Crippen molar-refractivity contribution in [1.29, 1.82) is 0 Å². The van der Waals surface area contributed by atoms with Gasteiger partial charge in [-0.3, -0.25) is 0 Å². The molecule has 0 unspecified atom stereocenters. The normalized spacial score (nSPS) is 11.4. The molecule has 0 bridgehead atoms. The lowest BCUT2D eigenvalue weighted by Gasteiger charge is -2.21. The van der Waals surface area contributed by atoms with Crippen molar-refractivity contribution in [3.8, 4) is 0 Å². The largest absolute Gasteiger partial charge is 0.397 e. The first-order valence-electron chi connectivity index (χ1n) is 6.70. The highest BCUT2D eigenvalue weighted by Crippen LogP contribution is 2.31. The second-order valence-corrected chi connectivity index (χ2v) is 7.05. The molecule has 0 heterocycles. The molecular formula is C17H21BrN2. The third-order valence-corrected chi connectivity index (χ3v) is 3.88. The van der Waals surface area contributed by atoms with E-state index in [9.17, 15) is 0 Å². The van der Waals surface area contributed by atoms with E-state index in [2.05, 4.69) is 67.1 Å². The van der Waals surface area contributed by atoms with Gasteiger partial charge in [-0.25, -0.2) is 0 Å². The molecule has 0 saturated carbocycles. The van der Waals surface area contributed by atoms with Crippen molar-refractivity contribution in [3.05, 3.63) is 52.0 Å². The van der Waals surface area contributed by atoms with E-state index in [0.29, 0.717) is 0 Å². The predicted molar refractivity (Wildman–Crippen MR) is 91.7 cm³/mol. The Kier molecular flexibility index (Phi) is 4.09. The smallest absolute Gasteiger partial charge is 0.0618 e. The van der Waals surface area contributed by atoms with Crippen LogP contribution in [0.25, 0.3) is 0 Å². The Morgan fingerprint density at radius 2 is 1.70 bits per heavy atom. The zero-order valence-corrected chi connectivity index (χ0v) is 14.0. The fourth-order valence-electron chi connectivity index (χ4n) is 2.02. The van der Waals surface area contributed by atoms with Crippen LogP contribution < -0.4 is 11.1 Å². The Bertz CT molecular complexity index is 627. The summed E-state index contributed by atoms with van der Waals surface area (Å²) in [4.78, 5) is 0. The van der Waals surface area contributed by atoms with Crippen LogP contribution in [0.3, 0.4) is 0 Å². The summed E-state index contributed by atoms with van der Waals surface area (Å²) in [5, 5.41) is 3.43. The Hall–Kier alpha value is -1.48. The van der Waals surface area contributed by atoms with Crippen LogP contribution in [0.1, 0.15) is 31.9 Å². The number of rotatable bonds is 2. The van der Waals surface area contributed by atoms with Gasteiger partial charge in [0.25, 0.3) is 0 Å². The molecule has 3 N–H and O–H groups in total. The summed E-state index contributed by atoms with van der Waals surface area (Å²) in [6.07, 6.45) is 0. The van der Waals surface area contributed by atoms with Crippen LogP contribution in [-0.2, 0) is 5.41 Å². The van der Waals surface area contributed by atoms with Gasteiger partial charge >= 0.3 is 0 Å². The Labute approximate surface area is 129 Å². The van der Waals surface area contributed by atoms with E-state index in [-0.39, 0.29) is 5.41 Å². The van der Waals surface area contributed by atoms with Crippen molar-refractivity contribution < 1.29 is 0 Å². The van der Waals surface area contributed by atoms with Gasteiger partial charge in [-0.2, -0.15) is 0 Å². The van der Waals surface area contributed by atoms with Crippen LogP contribution in [0, 0.1) is 6.92 Å². The highest BCUT2D eigenvalue weighted by Gasteiger charge is 2.15. The van der Waals surface area contributed by atoms with Crippen LogP contribution in [-0.4, -0.2) is 0 Å². The minimum absolute atomic E-state index is 0.134.